The fourth-order valence-electron chi connectivity index (χ4n) is 5.34. The highest BCUT2D eigenvalue weighted by atomic mass is 35.5. The van der Waals surface area contributed by atoms with Crippen molar-refractivity contribution in [1.82, 2.24) is 9.31 Å². The van der Waals surface area contributed by atoms with E-state index in [1.807, 2.05) is 23.6 Å². The molecule has 4 heterocycles. The molecule has 1 aromatic carbocycles. The molecule has 2 unspecified atom stereocenters. The van der Waals surface area contributed by atoms with Crippen LogP contribution in [-0.4, -0.2) is 55.7 Å². The largest absolute Gasteiger partial charge is 0.379 e. The molecule has 7 nitrogen and oxygen atoms in total. The van der Waals surface area contributed by atoms with Crippen LogP contribution in [0.5, 0.6) is 0 Å². The third kappa shape index (κ3) is 4.78. The number of thiophene rings is 2. The summed E-state index contributed by atoms with van der Waals surface area (Å²) in [4.78, 5) is 16.2. The van der Waals surface area contributed by atoms with Crippen LogP contribution in [0, 0.1) is 5.92 Å². The highest BCUT2D eigenvalue weighted by Crippen LogP contribution is 2.46. The lowest BCUT2D eigenvalue weighted by molar-refractivity contribution is 0.0683. The van der Waals surface area contributed by atoms with Crippen LogP contribution in [0.3, 0.4) is 0 Å². The molecule has 2 atom stereocenters. The summed E-state index contributed by atoms with van der Waals surface area (Å²) in [6.07, 6.45) is 5.05. The molecule has 2 aliphatic heterocycles. The van der Waals surface area contributed by atoms with Crippen LogP contribution >= 0.6 is 34.3 Å². The molecule has 3 aromatic rings. The number of ether oxygens (including phenoxy) is 1. The number of hydrogen-bond acceptors (Lipinski definition) is 7. The molecule has 1 aliphatic carbocycles. The van der Waals surface area contributed by atoms with Crippen LogP contribution in [0.2, 0.25) is 5.02 Å². The zero-order chi connectivity index (χ0) is 26.3. The van der Waals surface area contributed by atoms with Gasteiger partial charge in [0.1, 0.15) is 4.90 Å². The minimum absolute atomic E-state index is 0.0675. The zero-order valence-corrected chi connectivity index (χ0v) is 23.7. The van der Waals surface area contributed by atoms with Crippen molar-refractivity contribution in [3.63, 3.8) is 0 Å². The molecular formula is C27H26ClN3O4S3. The number of halogens is 1. The number of hydrazone groups is 1. The van der Waals surface area contributed by atoms with Crippen LogP contribution in [0.25, 0.3) is 6.08 Å². The molecular weight excluding hydrogens is 562 g/mol. The van der Waals surface area contributed by atoms with Gasteiger partial charge in [-0.15, -0.1) is 22.7 Å². The third-order valence-corrected chi connectivity index (χ3v) is 11.3. The van der Waals surface area contributed by atoms with Crippen LogP contribution in [0.1, 0.15) is 45.4 Å². The molecule has 11 heteroatoms. The average Bonchev–Trinajstić information content (AvgIpc) is 3.70. The number of morpholine rings is 1. The fraction of sp³-hybridized carbons (Fsp3) is 0.333. The molecule has 2 aromatic heterocycles. The van der Waals surface area contributed by atoms with E-state index in [2.05, 4.69) is 17.5 Å². The van der Waals surface area contributed by atoms with Crippen molar-refractivity contribution < 1.29 is 17.9 Å². The Morgan fingerprint density at radius 3 is 2.63 bits per heavy atom. The molecule has 0 bridgehead atoms. The zero-order valence-electron chi connectivity index (χ0n) is 20.5. The maximum Gasteiger partial charge on any atom is 0.274 e. The molecule has 1 amide bonds. The highest BCUT2D eigenvalue weighted by molar-refractivity contribution is 7.89. The summed E-state index contributed by atoms with van der Waals surface area (Å²) >= 11 is 9.65. The topological polar surface area (TPSA) is 79.3 Å². The Balaban J connectivity index is 1.39. The molecule has 0 radical (unpaired) electrons. The van der Waals surface area contributed by atoms with Gasteiger partial charge in [0.05, 0.1) is 30.0 Å². The van der Waals surface area contributed by atoms with E-state index in [-0.39, 0.29) is 46.4 Å². The number of benzene rings is 1. The summed E-state index contributed by atoms with van der Waals surface area (Å²) in [5.41, 5.74) is 2.35. The molecule has 38 heavy (non-hydrogen) atoms. The first-order valence-electron chi connectivity index (χ1n) is 12.5. The normalized spacial score (nSPS) is 23.4. The van der Waals surface area contributed by atoms with Crippen LogP contribution < -0.4 is 0 Å². The van der Waals surface area contributed by atoms with E-state index in [1.165, 1.54) is 16.4 Å². The standard InChI is InChI=1S/C27H26ClN3O4S3/c28-22-9-8-19(17-24(22)38(33,34)30-10-12-35-13-11-30)27(32)31-26(23-7-3-15-37-23)21-6-1-4-18(25(21)29-31)16-20-5-2-14-36-20/h2-3,5,7-9,14-17,21,26H,1,4,6,10-13H2. The predicted molar refractivity (Wildman–Crippen MR) is 151 cm³/mol. The summed E-state index contributed by atoms with van der Waals surface area (Å²) in [6, 6.07) is 12.4. The maximum absolute atomic E-state index is 14.0. The van der Waals surface area contributed by atoms with Gasteiger partial charge >= 0.3 is 0 Å². The van der Waals surface area contributed by atoms with E-state index in [9.17, 15) is 13.2 Å². The first-order chi connectivity index (χ1) is 18.4. The Morgan fingerprint density at radius 2 is 1.89 bits per heavy atom. The maximum atomic E-state index is 14.0. The fourth-order valence-corrected chi connectivity index (χ4v) is 8.81. The lowest BCUT2D eigenvalue weighted by Gasteiger charge is -2.29. The molecule has 0 N–H and O–H groups in total. The van der Waals surface area contributed by atoms with Gasteiger partial charge in [0.15, 0.2) is 0 Å². The molecule has 0 spiro atoms. The van der Waals surface area contributed by atoms with E-state index in [0.717, 1.165) is 40.3 Å². The van der Waals surface area contributed by atoms with Gasteiger partial charge in [-0.1, -0.05) is 23.7 Å². The van der Waals surface area contributed by atoms with Crippen molar-refractivity contribution in [2.24, 2.45) is 11.0 Å². The number of allylic oxidation sites excluding steroid dienone is 1. The second-order valence-corrected chi connectivity index (χ2v) is 13.7. The lowest BCUT2D eigenvalue weighted by Crippen LogP contribution is -2.40. The monoisotopic (exact) mass is 587 g/mol. The number of sulfonamides is 1. The van der Waals surface area contributed by atoms with Gasteiger partial charge in [-0.05, 0) is 72.0 Å². The summed E-state index contributed by atoms with van der Waals surface area (Å²) in [6.45, 7) is 1.15. The molecule has 198 valence electrons. The molecule has 1 saturated heterocycles. The number of rotatable bonds is 5. The number of carbonyl (C=O) groups excluding carboxylic acids is 1. The molecule has 6 rings (SSSR count). The van der Waals surface area contributed by atoms with E-state index in [1.54, 1.807) is 33.7 Å². The number of hydrogen-bond donors (Lipinski definition) is 0. The first-order valence-corrected chi connectivity index (χ1v) is 16.1. The van der Waals surface area contributed by atoms with Crippen LogP contribution in [0.4, 0.5) is 0 Å². The third-order valence-electron chi connectivity index (χ3n) is 7.17. The van der Waals surface area contributed by atoms with Crippen molar-refractivity contribution in [1.29, 1.82) is 0 Å². The van der Waals surface area contributed by atoms with Crippen molar-refractivity contribution in [3.8, 4) is 0 Å². The number of fused-ring (bicyclic) bond motifs is 1. The Bertz CT molecular complexity index is 1490. The highest BCUT2D eigenvalue weighted by Gasteiger charge is 2.44. The Hall–Kier alpha value is -2.34. The van der Waals surface area contributed by atoms with E-state index < -0.39 is 10.0 Å². The van der Waals surface area contributed by atoms with Crippen LogP contribution in [-0.2, 0) is 14.8 Å². The SMILES string of the molecule is O=C(c1ccc(Cl)c(S(=O)(=O)N2CCOCC2)c1)N1N=C2C(=Cc3cccs3)CCCC2C1c1cccs1. The Kier molecular flexibility index (Phi) is 7.28. The van der Waals surface area contributed by atoms with Gasteiger partial charge in [0.25, 0.3) is 5.91 Å². The van der Waals surface area contributed by atoms with Gasteiger partial charge in [0, 0.05) is 34.3 Å². The lowest BCUT2D eigenvalue weighted by atomic mass is 9.79. The van der Waals surface area contributed by atoms with E-state index >= 15 is 0 Å². The molecule has 2 fully saturated rings. The first kappa shape index (κ1) is 25.9. The van der Waals surface area contributed by atoms with Gasteiger partial charge in [-0.3, -0.25) is 4.79 Å². The number of nitrogens with zero attached hydrogens (tertiary/aromatic N) is 3. The van der Waals surface area contributed by atoms with Crippen molar-refractivity contribution >= 4 is 62.0 Å². The van der Waals surface area contributed by atoms with E-state index in [4.69, 9.17) is 21.4 Å². The van der Waals surface area contributed by atoms with Gasteiger partial charge in [-0.25, -0.2) is 13.4 Å². The van der Waals surface area contributed by atoms with Crippen LogP contribution in [0.15, 0.2) is 68.8 Å². The van der Waals surface area contributed by atoms with Crippen molar-refractivity contribution in [3.05, 3.63) is 79.1 Å². The second kappa shape index (κ2) is 10.7. The molecule has 3 aliphatic rings. The van der Waals surface area contributed by atoms with E-state index in [0.29, 0.717) is 13.2 Å². The predicted octanol–water partition coefficient (Wildman–Crippen LogP) is 5.92. The second-order valence-electron chi connectivity index (χ2n) is 9.44. The van der Waals surface area contributed by atoms with Gasteiger partial charge in [-0.2, -0.15) is 9.41 Å². The smallest absolute Gasteiger partial charge is 0.274 e. The van der Waals surface area contributed by atoms with Gasteiger partial charge in [0.2, 0.25) is 10.0 Å². The number of carbonyl (C=O) groups is 1. The minimum Gasteiger partial charge on any atom is -0.379 e. The Morgan fingerprint density at radius 1 is 1.11 bits per heavy atom. The summed E-state index contributed by atoms with van der Waals surface area (Å²) in [7, 11) is -3.88. The molecule has 1 saturated carbocycles. The Labute approximate surface area is 235 Å². The quantitative estimate of drug-likeness (QED) is 0.371. The number of amides is 1. The minimum atomic E-state index is -3.88. The summed E-state index contributed by atoms with van der Waals surface area (Å²) < 4.78 is 33.4. The average molecular weight is 588 g/mol. The summed E-state index contributed by atoms with van der Waals surface area (Å²) in [5.74, 6) is -0.253. The van der Waals surface area contributed by atoms with Crippen molar-refractivity contribution in [2.75, 3.05) is 26.3 Å². The van der Waals surface area contributed by atoms with Crippen molar-refractivity contribution in [2.45, 2.75) is 30.2 Å². The summed E-state index contributed by atoms with van der Waals surface area (Å²) in [5, 5.41) is 10.6. The van der Waals surface area contributed by atoms with Gasteiger partial charge < -0.3 is 4.74 Å².